The Morgan fingerprint density at radius 2 is 1.67 bits per heavy atom. The number of anilines is 1. The van der Waals surface area contributed by atoms with Crippen LogP contribution in [0.25, 0.3) is 0 Å². The SMILES string of the molecule is CCN(CC)c1ccc(C[C@@H](C)N)cc1. The van der Waals surface area contributed by atoms with Crippen LogP contribution in [-0.2, 0) is 6.42 Å². The minimum atomic E-state index is 0.240. The molecule has 0 aliphatic heterocycles. The zero-order valence-corrected chi connectivity index (χ0v) is 10.0. The minimum absolute atomic E-state index is 0.240. The van der Waals surface area contributed by atoms with Crippen LogP contribution < -0.4 is 10.6 Å². The van der Waals surface area contributed by atoms with Crippen molar-refractivity contribution in [3.63, 3.8) is 0 Å². The predicted octanol–water partition coefficient (Wildman–Crippen LogP) is 2.42. The molecule has 2 N–H and O–H groups in total. The van der Waals surface area contributed by atoms with Crippen molar-refractivity contribution in [2.45, 2.75) is 33.2 Å². The first-order chi connectivity index (χ1) is 7.17. The van der Waals surface area contributed by atoms with Gasteiger partial charge >= 0.3 is 0 Å². The van der Waals surface area contributed by atoms with E-state index in [-0.39, 0.29) is 6.04 Å². The Bertz CT molecular complexity index is 273. The van der Waals surface area contributed by atoms with Crippen LogP contribution in [-0.4, -0.2) is 19.1 Å². The molecule has 1 atom stereocenters. The van der Waals surface area contributed by atoms with Crippen molar-refractivity contribution >= 4 is 5.69 Å². The molecule has 1 rings (SSSR count). The lowest BCUT2D eigenvalue weighted by molar-refractivity contribution is 0.738. The van der Waals surface area contributed by atoms with Crippen molar-refractivity contribution in [3.05, 3.63) is 29.8 Å². The fourth-order valence-electron chi connectivity index (χ4n) is 1.80. The molecule has 2 heteroatoms. The van der Waals surface area contributed by atoms with Crippen molar-refractivity contribution in [1.29, 1.82) is 0 Å². The van der Waals surface area contributed by atoms with Crippen LogP contribution in [0.15, 0.2) is 24.3 Å². The van der Waals surface area contributed by atoms with E-state index in [1.165, 1.54) is 11.3 Å². The second kappa shape index (κ2) is 5.76. The molecule has 15 heavy (non-hydrogen) atoms. The highest BCUT2D eigenvalue weighted by atomic mass is 15.1. The van der Waals surface area contributed by atoms with Crippen molar-refractivity contribution in [2.75, 3.05) is 18.0 Å². The van der Waals surface area contributed by atoms with Gasteiger partial charge < -0.3 is 10.6 Å². The van der Waals surface area contributed by atoms with Gasteiger partial charge in [-0.1, -0.05) is 12.1 Å². The molecule has 0 bridgehead atoms. The highest BCUT2D eigenvalue weighted by Gasteiger charge is 2.02. The Morgan fingerprint density at radius 1 is 1.13 bits per heavy atom. The molecule has 0 aliphatic rings. The van der Waals surface area contributed by atoms with Crippen molar-refractivity contribution in [1.82, 2.24) is 0 Å². The van der Waals surface area contributed by atoms with Gasteiger partial charge in [0.1, 0.15) is 0 Å². The van der Waals surface area contributed by atoms with Crippen LogP contribution in [0.5, 0.6) is 0 Å². The van der Waals surface area contributed by atoms with Gasteiger partial charge in [-0.25, -0.2) is 0 Å². The molecule has 0 heterocycles. The third kappa shape index (κ3) is 3.56. The first-order valence-corrected chi connectivity index (χ1v) is 5.76. The largest absolute Gasteiger partial charge is 0.372 e. The van der Waals surface area contributed by atoms with E-state index in [1.807, 2.05) is 6.92 Å². The van der Waals surface area contributed by atoms with Crippen molar-refractivity contribution < 1.29 is 0 Å². The van der Waals surface area contributed by atoms with Crippen LogP contribution in [0.2, 0.25) is 0 Å². The summed E-state index contributed by atoms with van der Waals surface area (Å²) in [7, 11) is 0. The summed E-state index contributed by atoms with van der Waals surface area (Å²) in [5.74, 6) is 0. The van der Waals surface area contributed by atoms with Crippen molar-refractivity contribution in [3.8, 4) is 0 Å². The molecular weight excluding hydrogens is 184 g/mol. The Hall–Kier alpha value is -1.02. The van der Waals surface area contributed by atoms with Gasteiger partial charge in [-0.3, -0.25) is 0 Å². The van der Waals surface area contributed by atoms with E-state index in [9.17, 15) is 0 Å². The maximum absolute atomic E-state index is 5.76. The van der Waals surface area contributed by atoms with Crippen LogP contribution in [0.1, 0.15) is 26.3 Å². The van der Waals surface area contributed by atoms with Gasteiger partial charge in [-0.05, 0) is 44.9 Å². The number of hydrogen-bond acceptors (Lipinski definition) is 2. The topological polar surface area (TPSA) is 29.3 Å². The number of hydrogen-bond donors (Lipinski definition) is 1. The molecule has 0 saturated heterocycles. The summed E-state index contributed by atoms with van der Waals surface area (Å²) in [6, 6.07) is 8.97. The maximum Gasteiger partial charge on any atom is 0.0366 e. The Labute approximate surface area is 93.1 Å². The van der Waals surface area contributed by atoms with Gasteiger partial charge in [-0.15, -0.1) is 0 Å². The van der Waals surface area contributed by atoms with Gasteiger partial charge in [0.15, 0.2) is 0 Å². The molecule has 1 aromatic rings. The highest BCUT2D eigenvalue weighted by molar-refractivity contribution is 5.47. The molecule has 0 aliphatic carbocycles. The van der Waals surface area contributed by atoms with Crippen LogP contribution in [0.4, 0.5) is 5.69 Å². The van der Waals surface area contributed by atoms with E-state index in [1.54, 1.807) is 0 Å². The Morgan fingerprint density at radius 3 is 2.07 bits per heavy atom. The van der Waals surface area contributed by atoms with Gasteiger partial charge in [0, 0.05) is 24.8 Å². The molecule has 0 fully saturated rings. The van der Waals surface area contributed by atoms with E-state index < -0.39 is 0 Å². The number of benzene rings is 1. The van der Waals surface area contributed by atoms with Crippen LogP contribution >= 0.6 is 0 Å². The fraction of sp³-hybridized carbons (Fsp3) is 0.538. The molecule has 84 valence electrons. The zero-order valence-electron chi connectivity index (χ0n) is 10.0. The lowest BCUT2D eigenvalue weighted by atomic mass is 10.1. The highest BCUT2D eigenvalue weighted by Crippen LogP contribution is 2.15. The van der Waals surface area contributed by atoms with Crippen LogP contribution in [0.3, 0.4) is 0 Å². The summed E-state index contributed by atoms with van der Waals surface area (Å²) in [6.45, 7) is 8.52. The first-order valence-electron chi connectivity index (χ1n) is 5.76. The van der Waals surface area contributed by atoms with Crippen molar-refractivity contribution in [2.24, 2.45) is 5.73 Å². The predicted molar refractivity (Wildman–Crippen MR) is 67.4 cm³/mol. The van der Waals surface area contributed by atoms with E-state index in [2.05, 4.69) is 43.0 Å². The van der Waals surface area contributed by atoms with E-state index in [4.69, 9.17) is 5.73 Å². The summed E-state index contributed by atoms with van der Waals surface area (Å²) >= 11 is 0. The quantitative estimate of drug-likeness (QED) is 0.801. The summed E-state index contributed by atoms with van der Waals surface area (Å²) in [5, 5.41) is 0. The molecule has 0 saturated carbocycles. The summed E-state index contributed by atoms with van der Waals surface area (Å²) in [6.07, 6.45) is 0.957. The Balaban J connectivity index is 2.71. The lowest BCUT2D eigenvalue weighted by Gasteiger charge is -2.21. The third-order valence-corrected chi connectivity index (χ3v) is 2.62. The summed E-state index contributed by atoms with van der Waals surface area (Å²) in [5.41, 5.74) is 8.38. The molecule has 0 aromatic heterocycles. The first kappa shape index (κ1) is 12.1. The zero-order chi connectivity index (χ0) is 11.3. The molecule has 0 spiro atoms. The van der Waals surface area contributed by atoms with E-state index >= 15 is 0 Å². The fourth-order valence-corrected chi connectivity index (χ4v) is 1.80. The molecule has 0 radical (unpaired) electrons. The number of nitrogens with two attached hydrogens (primary N) is 1. The number of rotatable bonds is 5. The van der Waals surface area contributed by atoms with Gasteiger partial charge in [0.05, 0.1) is 0 Å². The lowest BCUT2D eigenvalue weighted by Crippen LogP contribution is -2.22. The molecule has 0 amide bonds. The smallest absolute Gasteiger partial charge is 0.0366 e. The molecule has 2 nitrogen and oxygen atoms in total. The summed E-state index contributed by atoms with van der Waals surface area (Å²) < 4.78 is 0. The molecule has 0 unspecified atom stereocenters. The van der Waals surface area contributed by atoms with Gasteiger partial charge in [0.25, 0.3) is 0 Å². The Kier molecular flexibility index (Phi) is 4.63. The average Bonchev–Trinajstić information content (AvgIpc) is 2.21. The third-order valence-electron chi connectivity index (χ3n) is 2.62. The normalized spacial score (nSPS) is 12.5. The molecule has 1 aromatic carbocycles. The number of nitrogens with zero attached hydrogens (tertiary/aromatic N) is 1. The summed E-state index contributed by atoms with van der Waals surface area (Å²) in [4.78, 5) is 2.34. The average molecular weight is 206 g/mol. The van der Waals surface area contributed by atoms with E-state index in [0.717, 1.165) is 19.5 Å². The van der Waals surface area contributed by atoms with Gasteiger partial charge in [0.2, 0.25) is 0 Å². The van der Waals surface area contributed by atoms with E-state index in [0.29, 0.717) is 0 Å². The monoisotopic (exact) mass is 206 g/mol. The minimum Gasteiger partial charge on any atom is -0.372 e. The molecular formula is C13H22N2. The van der Waals surface area contributed by atoms with Crippen LogP contribution in [0, 0.1) is 0 Å². The maximum atomic E-state index is 5.76. The second-order valence-electron chi connectivity index (χ2n) is 4.02. The standard InChI is InChI=1S/C13H22N2/c1-4-15(5-2)13-8-6-12(7-9-13)10-11(3)14/h6-9,11H,4-5,10,14H2,1-3H3/t11-/m1/s1. The van der Waals surface area contributed by atoms with Gasteiger partial charge in [-0.2, -0.15) is 0 Å². The second-order valence-corrected chi connectivity index (χ2v) is 4.02.